The second kappa shape index (κ2) is 7.65. The number of aromatic nitrogens is 3. The molecule has 0 amide bonds. The average molecular weight is 378 g/mol. The van der Waals surface area contributed by atoms with Gasteiger partial charge in [-0.05, 0) is 64.5 Å². The molecule has 0 aromatic carbocycles. The fourth-order valence-electron chi connectivity index (χ4n) is 3.60. The van der Waals surface area contributed by atoms with Crippen LogP contribution in [0.5, 0.6) is 0 Å². The van der Waals surface area contributed by atoms with Crippen molar-refractivity contribution in [2.75, 3.05) is 0 Å². The summed E-state index contributed by atoms with van der Waals surface area (Å²) >= 11 is 6.18. The van der Waals surface area contributed by atoms with Gasteiger partial charge in [0.2, 0.25) is 0 Å². The van der Waals surface area contributed by atoms with Gasteiger partial charge in [-0.3, -0.25) is 4.79 Å². The van der Waals surface area contributed by atoms with E-state index >= 15 is 0 Å². The molecule has 0 atom stereocenters. The quantitative estimate of drug-likeness (QED) is 0.540. The topological polar surface area (TPSA) is 68.0 Å². The third-order valence-electron chi connectivity index (χ3n) is 5.06. The summed E-state index contributed by atoms with van der Waals surface area (Å²) in [5, 5.41) is 10.2. The van der Waals surface area contributed by atoms with Gasteiger partial charge in [-0.15, -0.1) is 0 Å². The van der Waals surface area contributed by atoms with Gasteiger partial charge in [-0.2, -0.15) is 0 Å². The molecule has 0 bridgehead atoms. The maximum absolute atomic E-state index is 11.9. The zero-order valence-corrected chi connectivity index (χ0v) is 16.6. The van der Waals surface area contributed by atoms with E-state index in [2.05, 4.69) is 9.55 Å². The lowest BCUT2D eigenvalue weighted by Crippen LogP contribution is -2.23. The lowest BCUT2D eigenvalue weighted by Gasteiger charge is -2.28. The molecule has 5 nitrogen and oxygen atoms in total. The largest absolute Gasteiger partial charge is 0.390 e. The maximum atomic E-state index is 11.9. The highest BCUT2D eigenvalue weighted by molar-refractivity contribution is 6.29. The molecule has 0 unspecified atom stereocenters. The van der Waals surface area contributed by atoms with Crippen molar-refractivity contribution in [2.24, 2.45) is 0 Å². The second-order valence-electron chi connectivity index (χ2n) is 8.15. The van der Waals surface area contributed by atoms with E-state index in [0.717, 1.165) is 54.7 Å². The average Bonchev–Trinajstić information content (AvgIpc) is 2.79. The van der Waals surface area contributed by atoms with Gasteiger partial charge in [0.05, 0.1) is 5.60 Å². The summed E-state index contributed by atoms with van der Waals surface area (Å²) in [5.74, 6) is 1.17. The normalized spacial score (nSPS) is 15.4. The molecule has 1 N–H and O–H groups in total. The van der Waals surface area contributed by atoms with Crippen LogP contribution in [0.2, 0.25) is 5.15 Å². The fourth-order valence-corrected chi connectivity index (χ4v) is 3.85. The highest BCUT2D eigenvalue weighted by Gasteiger charge is 2.26. The first-order valence-corrected chi connectivity index (χ1v) is 9.90. The summed E-state index contributed by atoms with van der Waals surface area (Å²) in [6.45, 7) is 5.37. The molecular formula is C20H28ClN3O2. The first-order chi connectivity index (χ1) is 12.2. The molecule has 6 heteroatoms. The Morgan fingerprint density at radius 2 is 2.08 bits per heavy atom. The molecule has 1 saturated carbocycles. The first kappa shape index (κ1) is 19.3. The molecule has 142 valence electrons. The van der Waals surface area contributed by atoms with E-state index in [1.165, 1.54) is 6.42 Å². The molecule has 1 aliphatic carbocycles. The van der Waals surface area contributed by atoms with Crippen molar-refractivity contribution >= 4 is 28.5 Å². The van der Waals surface area contributed by atoms with E-state index < -0.39 is 5.60 Å². The third kappa shape index (κ3) is 4.44. The van der Waals surface area contributed by atoms with Gasteiger partial charge in [-0.25, -0.2) is 9.97 Å². The van der Waals surface area contributed by atoms with Crippen molar-refractivity contribution in [1.29, 1.82) is 0 Å². The minimum atomic E-state index is -0.919. The van der Waals surface area contributed by atoms with Crippen LogP contribution in [0.1, 0.15) is 76.2 Å². The molecule has 3 rings (SSSR count). The zero-order valence-electron chi connectivity index (χ0n) is 15.9. The van der Waals surface area contributed by atoms with E-state index in [1.54, 1.807) is 13.8 Å². The molecule has 2 aromatic heterocycles. The Balaban J connectivity index is 1.69. The number of nitrogens with zero attached hydrogens (tertiary/aromatic N) is 3. The number of pyridine rings is 1. The number of rotatable bonds is 8. The second-order valence-corrected chi connectivity index (χ2v) is 8.54. The van der Waals surface area contributed by atoms with Crippen molar-refractivity contribution in [1.82, 2.24) is 14.5 Å². The van der Waals surface area contributed by atoms with E-state index in [1.807, 2.05) is 13.0 Å². The Hall–Kier alpha value is -1.46. The predicted octanol–water partition coefficient (Wildman–Crippen LogP) is 4.56. The van der Waals surface area contributed by atoms with E-state index in [4.69, 9.17) is 16.6 Å². The van der Waals surface area contributed by atoms with Crippen LogP contribution in [0.3, 0.4) is 0 Å². The molecule has 26 heavy (non-hydrogen) atoms. The standard InChI is InChI=1S/C20H28ClN3O2/c1-13-11-16(21)22-19-18(13)23-17(24(19)14-7-6-8-14)10-5-4-9-15(25)12-20(2,3)26/h11,14,26H,4-10,12H2,1-3H3. The Bertz CT molecular complexity index is 803. The Morgan fingerprint density at radius 1 is 1.35 bits per heavy atom. The van der Waals surface area contributed by atoms with E-state index in [0.29, 0.717) is 17.6 Å². The summed E-state index contributed by atoms with van der Waals surface area (Å²) in [6, 6.07) is 2.33. The lowest BCUT2D eigenvalue weighted by molar-refractivity contribution is -0.122. The highest BCUT2D eigenvalue weighted by atomic mass is 35.5. The van der Waals surface area contributed by atoms with Crippen LogP contribution in [0.25, 0.3) is 11.2 Å². The number of fused-ring (bicyclic) bond motifs is 1. The van der Waals surface area contributed by atoms with Crippen LogP contribution in [-0.4, -0.2) is 31.0 Å². The molecule has 1 aliphatic rings. The summed E-state index contributed by atoms with van der Waals surface area (Å²) in [4.78, 5) is 21.3. The molecule has 0 saturated heterocycles. The van der Waals surface area contributed by atoms with Crippen molar-refractivity contribution in [3.63, 3.8) is 0 Å². The Kier molecular flexibility index (Phi) is 5.68. The molecule has 1 fully saturated rings. The van der Waals surface area contributed by atoms with Crippen LogP contribution in [0.15, 0.2) is 6.07 Å². The summed E-state index contributed by atoms with van der Waals surface area (Å²) in [6.07, 6.45) is 6.85. The van der Waals surface area contributed by atoms with E-state index in [-0.39, 0.29) is 12.2 Å². The van der Waals surface area contributed by atoms with Crippen LogP contribution >= 0.6 is 11.6 Å². The molecule has 2 aromatic rings. The Labute approximate surface area is 159 Å². The first-order valence-electron chi connectivity index (χ1n) is 9.52. The minimum Gasteiger partial charge on any atom is -0.390 e. The number of carbonyl (C=O) groups is 1. The van der Waals surface area contributed by atoms with Gasteiger partial charge in [0.1, 0.15) is 22.3 Å². The van der Waals surface area contributed by atoms with Crippen LogP contribution in [-0.2, 0) is 11.2 Å². The number of imidazole rings is 1. The predicted molar refractivity (Wildman–Crippen MR) is 104 cm³/mol. The number of Topliss-reactive ketones (excluding diaryl/α,β-unsaturated/α-hetero) is 1. The maximum Gasteiger partial charge on any atom is 0.162 e. The van der Waals surface area contributed by atoms with Crippen molar-refractivity contribution < 1.29 is 9.90 Å². The summed E-state index contributed by atoms with van der Waals surface area (Å²) in [5.41, 5.74) is 1.97. The smallest absolute Gasteiger partial charge is 0.162 e. The molecule has 0 spiro atoms. The van der Waals surface area contributed by atoms with Gasteiger partial charge in [0.25, 0.3) is 0 Å². The third-order valence-corrected chi connectivity index (χ3v) is 5.25. The monoisotopic (exact) mass is 377 g/mol. The van der Waals surface area contributed by atoms with Crippen LogP contribution in [0.4, 0.5) is 0 Å². The summed E-state index contributed by atoms with van der Waals surface area (Å²) in [7, 11) is 0. The molecular weight excluding hydrogens is 350 g/mol. The number of aryl methyl sites for hydroxylation is 2. The van der Waals surface area contributed by atoms with Gasteiger partial charge in [0, 0.05) is 25.3 Å². The molecule has 0 aliphatic heterocycles. The SMILES string of the molecule is Cc1cc(Cl)nc2c1nc(CCCCC(=O)CC(C)(C)O)n2C1CCC1. The number of halogens is 1. The number of unbranched alkanes of at least 4 members (excludes halogenated alkanes) is 1. The number of carbonyl (C=O) groups excluding carboxylic acids is 1. The zero-order chi connectivity index (χ0) is 18.9. The van der Waals surface area contributed by atoms with Gasteiger partial charge in [-0.1, -0.05) is 11.6 Å². The molecule has 0 radical (unpaired) electrons. The number of hydrogen-bond acceptors (Lipinski definition) is 4. The van der Waals surface area contributed by atoms with Crippen molar-refractivity contribution in [2.45, 2.75) is 83.8 Å². The summed E-state index contributed by atoms with van der Waals surface area (Å²) < 4.78 is 2.27. The fraction of sp³-hybridized carbons (Fsp3) is 0.650. The highest BCUT2D eigenvalue weighted by Crippen LogP contribution is 2.36. The van der Waals surface area contributed by atoms with E-state index in [9.17, 15) is 9.90 Å². The van der Waals surface area contributed by atoms with Gasteiger partial charge in [0.15, 0.2) is 5.65 Å². The van der Waals surface area contributed by atoms with Crippen LogP contribution in [0, 0.1) is 6.92 Å². The minimum absolute atomic E-state index is 0.120. The van der Waals surface area contributed by atoms with Crippen LogP contribution < -0.4 is 0 Å². The van der Waals surface area contributed by atoms with Crippen molar-refractivity contribution in [3.8, 4) is 0 Å². The lowest BCUT2D eigenvalue weighted by atomic mass is 9.92. The Morgan fingerprint density at radius 3 is 2.69 bits per heavy atom. The van der Waals surface area contributed by atoms with Gasteiger partial charge >= 0.3 is 0 Å². The number of hydrogen-bond donors (Lipinski definition) is 1. The van der Waals surface area contributed by atoms with Gasteiger partial charge < -0.3 is 9.67 Å². The number of aliphatic hydroxyl groups is 1. The molecule has 2 heterocycles. The number of ketones is 1. The van der Waals surface area contributed by atoms with Crippen molar-refractivity contribution in [3.05, 3.63) is 22.6 Å².